The molecule has 1 aromatic heterocycles. The summed E-state index contributed by atoms with van der Waals surface area (Å²) in [5.74, 6) is -1.06. The first-order chi connectivity index (χ1) is 5.68. The van der Waals surface area contributed by atoms with E-state index in [2.05, 4.69) is 26.1 Å². The third-order valence-corrected chi connectivity index (χ3v) is 2.16. The Labute approximate surface area is 74.7 Å². The van der Waals surface area contributed by atoms with Crippen molar-refractivity contribution in [2.24, 2.45) is 0 Å². The minimum absolute atomic E-state index is 0.232. The molecule has 0 atom stereocenters. The van der Waals surface area contributed by atoms with Crippen LogP contribution in [0, 0.1) is 11.8 Å². The third kappa shape index (κ3) is 1.01. The van der Waals surface area contributed by atoms with Crippen molar-refractivity contribution in [1.29, 1.82) is 0 Å². The Morgan fingerprint density at radius 1 is 1.33 bits per heavy atom. The largest absolute Gasteiger partial charge is 0.275 e. The summed E-state index contributed by atoms with van der Waals surface area (Å²) in [5, 5.41) is 5.95. The summed E-state index contributed by atoms with van der Waals surface area (Å²) in [5.41, 5.74) is 0.355. The topological polar surface area (TPSA) is 28.7 Å². The predicted molar refractivity (Wildman–Crippen MR) is 43.7 cm³/mol. The van der Waals surface area contributed by atoms with Crippen LogP contribution in [0.2, 0.25) is 0 Å². The molecule has 2 rings (SSSR count). The molecule has 0 spiro atoms. The van der Waals surface area contributed by atoms with Crippen molar-refractivity contribution in [2.45, 2.75) is 0 Å². The van der Waals surface area contributed by atoms with Crippen molar-refractivity contribution in [3.63, 3.8) is 0 Å². The van der Waals surface area contributed by atoms with E-state index in [1.54, 1.807) is 0 Å². The van der Waals surface area contributed by atoms with Crippen LogP contribution in [0.15, 0.2) is 16.6 Å². The van der Waals surface area contributed by atoms with Gasteiger partial charge in [0.15, 0.2) is 0 Å². The summed E-state index contributed by atoms with van der Waals surface area (Å²) in [6.45, 7) is 0. The quantitative estimate of drug-likeness (QED) is 0.744. The lowest BCUT2D eigenvalue weighted by atomic mass is 10.2. The van der Waals surface area contributed by atoms with E-state index in [1.807, 2.05) is 0 Å². The molecule has 0 aliphatic rings. The van der Waals surface area contributed by atoms with Crippen LogP contribution in [-0.4, -0.2) is 10.2 Å². The lowest BCUT2D eigenvalue weighted by Crippen LogP contribution is -1.77. The van der Waals surface area contributed by atoms with Crippen molar-refractivity contribution >= 4 is 26.8 Å². The summed E-state index contributed by atoms with van der Waals surface area (Å²) in [7, 11) is 0. The number of rotatable bonds is 0. The molecule has 62 valence electrons. The van der Waals surface area contributed by atoms with Crippen molar-refractivity contribution < 1.29 is 8.78 Å². The molecule has 0 aliphatic heterocycles. The van der Waals surface area contributed by atoms with E-state index < -0.39 is 11.8 Å². The van der Waals surface area contributed by atoms with E-state index in [0.717, 1.165) is 0 Å². The highest BCUT2D eigenvalue weighted by atomic mass is 79.9. The van der Waals surface area contributed by atoms with Gasteiger partial charge in [-0.15, -0.1) is 5.10 Å². The summed E-state index contributed by atoms with van der Waals surface area (Å²) < 4.78 is 25.8. The van der Waals surface area contributed by atoms with Crippen molar-refractivity contribution in [2.75, 3.05) is 0 Å². The highest BCUT2D eigenvalue weighted by molar-refractivity contribution is 9.10. The Morgan fingerprint density at radius 2 is 2.08 bits per heavy atom. The molecule has 0 fully saturated rings. The summed E-state index contributed by atoms with van der Waals surface area (Å²) in [6, 6.07) is 2.54. The molecule has 1 N–H and O–H groups in total. The van der Waals surface area contributed by atoms with Crippen LogP contribution in [-0.2, 0) is 0 Å². The number of benzene rings is 1. The maximum absolute atomic E-state index is 12.8. The molecular formula is C7H3BrF2N2. The number of nitrogens with zero attached hydrogens (tertiary/aromatic N) is 1. The molecule has 2 aromatic rings. The highest BCUT2D eigenvalue weighted by Crippen LogP contribution is 2.23. The number of hydrogen-bond acceptors (Lipinski definition) is 1. The van der Waals surface area contributed by atoms with Crippen molar-refractivity contribution in [3.8, 4) is 0 Å². The lowest BCUT2D eigenvalue weighted by Gasteiger charge is -1.92. The zero-order valence-electron chi connectivity index (χ0n) is 5.74. The zero-order valence-corrected chi connectivity index (χ0v) is 7.32. The Bertz CT molecular complexity index is 438. The van der Waals surface area contributed by atoms with Gasteiger partial charge in [0.1, 0.15) is 5.82 Å². The summed E-state index contributed by atoms with van der Waals surface area (Å²) in [4.78, 5) is 0. The molecule has 0 amide bonds. The van der Waals surface area contributed by atoms with Crippen LogP contribution in [0.3, 0.4) is 0 Å². The highest BCUT2D eigenvalue weighted by Gasteiger charge is 2.08. The van der Waals surface area contributed by atoms with E-state index in [1.165, 1.54) is 12.1 Å². The van der Waals surface area contributed by atoms with Crippen LogP contribution in [0.5, 0.6) is 0 Å². The Balaban J connectivity index is 2.87. The van der Waals surface area contributed by atoms with Crippen LogP contribution in [0.1, 0.15) is 0 Å². The van der Waals surface area contributed by atoms with Crippen LogP contribution < -0.4 is 0 Å². The second-order valence-electron chi connectivity index (χ2n) is 2.33. The maximum Gasteiger partial charge on any atom is 0.240 e. The van der Waals surface area contributed by atoms with E-state index in [4.69, 9.17) is 0 Å². The zero-order chi connectivity index (χ0) is 8.72. The van der Waals surface area contributed by atoms with Crippen molar-refractivity contribution in [1.82, 2.24) is 10.2 Å². The average molecular weight is 233 g/mol. The first kappa shape index (κ1) is 7.67. The summed E-state index contributed by atoms with van der Waals surface area (Å²) in [6.07, 6.45) is 0. The normalized spacial score (nSPS) is 10.9. The van der Waals surface area contributed by atoms with E-state index in [0.29, 0.717) is 5.52 Å². The second-order valence-corrected chi connectivity index (χ2v) is 3.18. The fourth-order valence-corrected chi connectivity index (χ4v) is 1.32. The number of fused-ring (bicyclic) bond motifs is 1. The van der Waals surface area contributed by atoms with Gasteiger partial charge in [0.2, 0.25) is 5.95 Å². The van der Waals surface area contributed by atoms with Crippen molar-refractivity contribution in [3.05, 3.63) is 28.4 Å². The smallest absolute Gasteiger partial charge is 0.240 e. The maximum atomic E-state index is 12.8. The number of hydrogen-bond donors (Lipinski definition) is 1. The molecule has 1 aromatic carbocycles. The van der Waals surface area contributed by atoms with Crippen LogP contribution >= 0.6 is 15.9 Å². The number of aromatic amines is 1. The Hall–Kier alpha value is -0.970. The van der Waals surface area contributed by atoms with E-state index >= 15 is 0 Å². The van der Waals surface area contributed by atoms with E-state index in [9.17, 15) is 8.78 Å². The Kier molecular flexibility index (Phi) is 1.61. The van der Waals surface area contributed by atoms with Gasteiger partial charge in [0, 0.05) is 6.07 Å². The predicted octanol–water partition coefficient (Wildman–Crippen LogP) is 2.60. The molecule has 12 heavy (non-hydrogen) atoms. The number of H-pyrrole nitrogens is 1. The van der Waals surface area contributed by atoms with Crippen LogP contribution in [0.25, 0.3) is 10.9 Å². The van der Waals surface area contributed by atoms with E-state index in [-0.39, 0.29) is 9.86 Å². The van der Waals surface area contributed by atoms with Crippen LogP contribution in [0.4, 0.5) is 8.78 Å². The van der Waals surface area contributed by atoms with Gasteiger partial charge in [-0.3, -0.25) is 5.10 Å². The molecule has 0 saturated heterocycles. The molecule has 1 heterocycles. The number of nitrogens with one attached hydrogen (secondary N) is 1. The number of halogens is 3. The molecule has 0 saturated carbocycles. The molecule has 0 unspecified atom stereocenters. The first-order valence-corrected chi connectivity index (χ1v) is 3.96. The third-order valence-electron chi connectivity index (χ3n) is 1.56. The standard InChI is InChI=1S/C7H3BrF2N2/c8-4-1-3-6(2-5(4)9)11-12-7(3)10/h1-2H,(H,11,12). The van der Waals surface area contributed by atoms with Gasteiger partial charge in [-0.05, 0) is 22.0 Å². The van der Waals surface area contributed by atoms with Gasteiger partial charge < -0.3 is 0 Å². The first-order valence-electron chi connectivity index (χ1n) is 3.17. The molecule has 0 bridgehead atoms. The minimum atomic E-state index is -0.620. The van der Waals surface area contributed by atoms with Gasteiger partial charge in [0.05, 0.1) is 15.4 Å². The van der Waals surface area contributed by atoms with Gasteiger partial charge in [0.25, 0.3) is 0 Å². The summed E-state index contributed by atoms with van der Waals surface area (Å²) >= 11 is 2.95. The SMILES string of the molecule is Fc1cc2[nH]nc(F)c2cc1Br. The monoisotopic (exact) mass is 232 g/mol. The van der Waals surface area contributed by atoms with Gasteiger partial charge >= 0.3 is 0 Å². The van der Waals surface area contributed by atoms with Gasteiger partial charge in [-0.25, -0.2) is 4.39 Å². The molecule has 2 nitrogen and oxygen atoms in total. The molecule has 0 radical (unpaired) electrons. The fraction of sp³-hybridized carbons (Fsp3) is 0. The molecule has 0 aliphatic carbocycles. The molecular weight excluding hydrogens is 230 g/mol. The molecule has 5 heteroatoms. The van der Waals surface area contributed by atoms with Gasteiger partial charge in [-0.1, -0.05) is 0 Å². The second kappa shape index (κ2) is 2.52. The number of aromatic nitrogens is 2. The van der Waals surface area contributed by atoms with Gasteiger partial charge in [-0.2, -0.15) is 4.39 Å². The fourth-order valence-electron chi connectivity index (χ4n) is 0.980. The Morgan fingerprint density at radius 3 is 2.83 bits per heavy atom. The minimum Gasteiger partial charge on any atom is -0.275 e. The lowest BCUT2D eigenvalue weighted by molar-refractivity contribution is 0.588. The average Bonchev–Trinajstić information content (AvgIpc) is 2.35.